The zero-order valence-corrected chi connectivity index (χ0v) is 23.2. The normalized spacial score (nSPS) is 54.8. The molecule has 0 aromatic carbocycles. The molecule has 0 saturated heterocycles. The molecule has 9 atom stereocenters. The van der Waals surface area contributed by atoms with E-state index < -0.39 is 0 Å². The van der Waals surface area contributed by atoms with Gasteiger partial charge in [0.25, 0.3) is 0 Å². The second-order valence-corrected chi connectivity index (χ2v) is 15.6. The summed E-state index contributed by atoms with van der Waals surface area (Å²) in [5.41, 5.74) is 3.39. The first kappa shape index (κ1) is 24.4. The van der Waals surface area contributed by atoms with Crippen LogP contribution < -0.4 is 0 Å². The minimum absolute atomic E-state index is 0.0178. The van der Waals surface area contributed by atoms with E-state index in [0.29, 0.717) is 28.6 Å². The molecule has 188 valence electrons. The predicted octanol–water partition coefficient (Wildman–Crippen LogP) is 7.79. The van der Waals surface area contributed by atoms with Crippen molar-refractivity contribution >= 4 is 0 Å². The lowest BCUT2D eigenvalue weighted by atomic mass is 9.33. The smallest absolute Gasteiger partial charge is 0.0793 e. The molecule has 2 heteroatoms. The van der Waals surface area contributed by atoms with Gasteiger partial charge in [-0.05, 0) is 102 Å². The number of hydrogen-bond acceptors (Lipinski definition) is 2. The molecule has 0 heterocycles. The molecule has 0 aromatic rings. The van der Waals surface area contributed by atoms with Crippen molar-refractivity contribution in [2.24, 2.45) is 50.2 Å². The van der Waals surface area contributed by atoms with Gasteiger partial charge in [-0.2, -0.15) is 0 Å². The SMILES string of the molecule is CO[C@@H]1C=C2C3CC(C)(C)CC[C@]3(C)CC[C@@]2(C)[C@]2(C)CCC3C(C)(C)[C@@H](O)CC[C@]3(C)C12. The van der Waals surface area contributed by atoms with Crippen molar-refractivity contribution in [3.8, 4) is 0 Å². The highest BCUT2D eigenvalue weighted by atomic mass is 16.5. The molecule has 0 radical (unpaired) electrons. The quantitative estimate of drug-likeness (QED) is 0.408. The zero-order valence-electron chi connectivity index (χ0n) is 23.2. The Hall–Kier alpha value is -0.340. The second kappa shape index (κ2) is 7.12. The zero-order chi connectivity index (χ0) is 24.2. The molecule has 1 N–H and O–H groups in total. The molecule has 0 aliphatic heterocycles. The Morgan fingerprint density at radius 3 is 2.18 bits per heavy atom. The number of allylic oxidation sites excluding steroid dienone is 1. The summed E-state index contributed by atoms with van der Waals surface area (Å²) in [7, 11) is 1.97. The van der Waals surface area contributed by atoms with Gasteiger partial charge in [0.15, 0.2) is 0 Å². The fraction of sp³-hybridized carbons (Fsp3) is 0.935. The summed E-state index contributed by atoms with van der Waals surface area (Å²) in [5.74, 6) is 1.78. The summed E-state index contributed by atoms with van der Waals surface area (Å²) in [6, 6.07) is 0. The van der Waals surface area contributed by atoms with Crippen LogP contribution in [0, 0.1) is 50.2 Å². The van der Waals surface area contributed by atoms with Gasteiger partial charge in [0.1, 0.15) is 0 Å². The molecule has 0 spiro atoms. The molecule has 0 aromatic heterocycles. The Morgan fingerprint density at radius 2 is 1.52 bits per heavy atom. The molecule has 5 aliphatic rings. The van der Waals surface area contributed by atoms with Gasteiger partial charge in [0, 0.05) is 13.0 Å². The minimum Gasteiger partial charge on any atom is -0.393 e. The Morgan fingerprint density at radius 1 is 0.848 bits per heavy atom. The molecule has 0 amide bonds. The first-order valence-electron chi connectivity index (χ1n) is 14.1. The molecule has 5 rings (SSSR count). The summed E-state index contributed by atoms with van der Waals surface area (Å²) in [6.07, 6.45) is 14.1. The van der Waals surface area contributed by atoms with Crippen molar-refractivity contribution in [2.75, 3.05) is 7.11 Å². The number of methoxy groups -OCH3 is 1. The topological polar surface area (TPSA) is 29.5 Å². The monoisotopic (exact) mass is 456 g/mol. The van der Waals surface area contributed by atoms with Gasteiger partial charge in [0.05, 0.1) is 12.2 Å². The number of aliphatic hydroxyl groups excluding tert-OH is 1. The highest BCUT2D eigenvalue weighted by Crippen LogP contribution is 2.75. The maximum absolute atomic E-state index is 11.0. The summed E-state index contributed by atoms with van der Waals surface area (Å²) in [6.45, 7) is 20.2. The third-order valence-electron chi connectivity index (χ3n) is 13.2. The largest absolute Gasteiger partial charge is 0.393 e. The predicted molar refractivity (Wildman–Crippen MR) is 137 cm³/mol. The lowest BCUT2D eigenvalue weighted by Gasteiger charge is -2.72. The van der Waals surface area contributed by atoms with E-state index in [0.717, 1.165) is 12.8 Å². The lowest BCUT2D eigenvalue weighted by molar-refractivity contribution is -0.228. The number of rotatable bonds is 1. The van der Waals surface area contributed by atoms with E-state index in [9.17, 15) is 5.11 Å². The first-order valence-corrected chi connectivity index (χ1v) is 14.1. The maximum Gasteiger partial charge on any atom is 0.0793 e. The van der Waals surface area contributed by atoms with Crippen molar-refractivity contribution < 1.29 is 9.84 Å². The number of aliphatic hydroxyl groups is 1. The van der Waals surface area contributed by atoms with E-state index in [4.69, 9.17) is 4.74 Å². The van der Waals surface area contributed by atoms with Crippen LogP contribution in [0.15, 0.2) is 11.6 Å². The summed E-state index contributed by atoms with van der Waals surface area (Å²) >= 11 is 0. The number of ether oxygens (including phenoxy) is 1. The van der Waals surface area contributed by atoms with Crippen molar-refractivity contribution in [1.29, 1.82) is 0 Å². The van der Waals surface area contributed by atoms with E-state index in [1.54, 1.807) is 5.57 Å². The highest BCUT2D eigenvalue weighted by molar-refractivity contribution is 5.35. The lowest BCUT2D eigenvalue weighted by Crippen LogP contribution is -2.67. The summed E-state index contributed by atoms with van der Waals surface area (Å²) < 4.78 is 6.45. The van der Waals surface area contributed by atoms with E-state index in [-0.39, 0.29) is 33.9 Å². The molecule has 0 bridgehead atoms. The van der Waals surface area contributed by atoms with Crippen LogP contribution in [-0.4, -0.2) is 24.4 Å². The highest BCUT2D eigenvalue weighted by Gasteiger charge is 2.69. The van der Waals surface area contributed by atoms with Gasteiger partial charge in [-0.15, -0.1) is 0 Å². The van der Waals surface area contributed by atoms with Gasteiger partial charge in [0.2, 0.25) is 0 Å². The van der Waals surface area contributed by atoms with Crippen LogP contribution in [0.5, 0.6) is 0 Å². The van der Waals surface area contributed by atoms with Crippen LogP contribution in [0.3, 0.4) is 0 Å². The average Bonchev–Trinajstić information content (AvgIpc) is 2.72. The van der Waals surface area contributed by atoms with Crippen LogP contribution in [0.2, 0.25) is 0 Å². The fourth-order valence-electron chi connectivity index (χ4n) is 10.8. The van der Waals surface area contributed by atoms with Crippen LogP contribution in [-0.2, 0) is 4.74 Å². The van der Waals surface area contributed by atoms with Gasteiger partial charge in [-0.25, -0.2) is 0 Å². The third kappa shape index (κ3) is 3.04. The van der Waals surface area contributed by atoms with E-state index in [1.807, 2.05) is 7.11 Å². The first-order chi connectivity index (χ1) is 15.1. The molecular weight excluding hydrogens is 404 g/mol. The maximum atomic E-state index is 11.0. The van der Waals surface area contributed by atoms with Gasteiger partial charge in [-0.1, -0.05) is 67.0 Å². The Labute approximate surface area is 204 Å². The minimum atomic E-state index is -0.175. The van der Waals surface area contributed by atoms with Crippen LogP contribution in [0.1, 0.15) is 113 Å². The van der Waals surface area contributed by atoms with Gasteiger partial charge in [-0.3, -0.25) is 0 Å². The summed E-state index contributed by atoms with van der Waals surface area (Å²) in [4.78, 5) is 0. The van der Waals surface area contributed by atoms with E-state index in [1.165, 1.54) is 44.9 Å². The molecule has 3 unspecified atom stereocenters. The Bertz CT molecular complexity index is 840. The van der Waals surface area contributed by atoms with Crippen LogP contribution in [0.4, 0.5) is 0 Å². The summed E-state index contributed by atoms with van der Waals surface area (Å²) in [5, 5.41) is 11.0. The van der Waals surface area contributed by atoms with Crippen molar-refractivity contribution in [1.82, 2.24) is 0 Å². The molecule has 5 aliphatic carbocycles. The van der Waals surface area contributed by atoms with E-state index in [2.05, 4.69) is 61.5 Å². The fourth-order valence-corrected chi connectivity index (χ4v) is 10.8. The van der Waals surface area contributed by atoms with Crippen molar-refractivity contribution in [2.45, 2.75) is 125 Å². The van der Waals surface area contributed by atoms with Crippen LogP contribution >= 0.6 is 0 Å². The van der Waals surface area contributed by atoms with Crippen molar-refractivity contribution in [3.05, 3.63) is 11.6 Å². The molecular formula is C31H52O2. The molecule has 2 nitrogen and oxygen atoms in total. The standard InChI is InChI=1S/C31H52O2/c1-26(2)14-15-28(5)16-17-30(7)20(21(28)19-26)18-22(33-9)25-29(6)12-11-24(32)27(3,4)23(29)10-13-31(25,30)8/h18,21-25,32H,10-17,19H2,1-9H3/t21?,22-,23?,24+,25?,28-,29+,30-,31-/m1/s1. The number of fused-ring (bicyclic) bond motifs is 7. The molecule has 33 heavy (non-hydrogen) atoms. The molecule has 4 fully saturated rings. The molecule has 4 saturated carbocycles. The van der Waals surface area contributed by atoms with Crippen LogP contribution in [0.25, 0.3) is 0 Å². The van der Waals surface area contributed by atoms with Crippen molar-refractivity contribution in [3.63, 3.8) is 0 Å². The van der Waals surface area contributed by atoms with Gasteiger partial charge < -0.3 is 9.84 Å². The van der Waals surface area contributed by atoms with E-state index >= 15 is 0 Å². The third-order valence-corrected chi connectivity index (χ3v) is 13.2. The Balaban J connectivity index is 1.65. The number of hydrogen-bond donors (Lipinski definition) is 1. The Kier molecular flexibility index (Phi) is 5.25. The average molecular weight is 457 g/mol. The second-order valence-electron chi connectivity index (χ2n) is 15.6. The van der Waals surface area contributed by atoms with Gasteiger partial charge >= 0.3 is 0 Å².